The van der Waals surface area contributed by atoms with Crippen LogP contribution in [0.5, 0.6) is 0 Å². The Balaban J connectivity index is 1.69. The topological polar surface area (TPSA) is 66.3 Å². The number of amides is 1. The van der Waals surface area contributed by atoms with Gasteiger partial charge < -0.3 is 10.0 Å². The molecule has 0 spiro atoms. The summed E-state index contributed by atoms with van der Waals surface area (Å²) in [6.07, 6.45) is 2.72. The maximum absolute atomic E-state index is 12.7. The van der Waals surface area contributed by atoms with Crippen LogP contribution in [-0.2, 0) is 12.0 Å². The second kappa shape index (κ2) is 7.17. The van der Waals surface area contributed by atoms with Gasteiger partial charge in [0.25, 0.3) is 5.91 Å². The SMILES string of the molecule is CCCc1nnsc1C(=O)N1CCC(O)(c2ccc(Cl)cc2)CC1. The van der Waals surface area contributed by atoms with Crippen LogP contribution in [0.3, 0.4) is 0 Å². The van der Waals surface area contributed by atoms with Crippen LogP contribution in [-0.4, -0.2) is 38.6 Å². The van der Waals surface area contributed by atoms with Crippen LogP contribution < -0.4 is 0 Å². The summed E-state index contributed by atoms with van der Waals surface area (Å²) in [6, 6.07) is 7.28. The summed E-state index contributed by atoms with van der Waals surface area (Å²) < 4.78 is 3.92. The average molecular weight is 366 g/mol. The van der Waals surface area contributed by atoms with E-state index in [1.807, 2.05) is 12.1 Å². The highest BCUT2D eigenvalue weighted by atomic mass is 35.5. The van der Waals surface area contributed by atoms with Crippen molar-refractivity contribution in [3.63, 3.8) is 0 Å². The van der Waals surface area contributed by atoms with Gasteiger partial charge in [0.15, 0.2) is 0 Å². The van der Waals surface area contributed by atoms with E-state index >= 15 is 0 Å². The molecule has 1 N–H and O–H groups in total. The highest BCUT2D eigenvalue weighted by Crippen LogP contribution is 2.34. The summed E-state index contributed by atoms with van der Waals surface area (Å²) in [6.45, 7) is 3.09. The van der Waals surface area contributed by atoms with E-state index in [1.165, 1.54) is 0 Å². The number of likely N-dealkylation sites (tertiary alicyclic amines) is 1. The van der Waals surface area contributed by atoms with Crippen molar-refractivity contribution in [2.45, 2.75) is 38.2 Å². The molecular formula is C17H20ClN3O2S. The molecule has 0 saturated carbocycles. The molecule has 1 aliphatic heterocycles. The van der Waals surface area contributed by atoms with E-state index in [-0.39, 0.29) is 5.91 Å². The highest BCUT2D eigenvalue weighted by molar-refractivity contribution is 7.08. The standard InChI is InChI=1S/C17H20ClN3O2S/c1-2-3-14-15(24-20-19-14)16(22)21-10-8-17(23,9-11-21)12-4-6-13(18)7-5-12/h4-7,23H,2-3,8-11H2,1H3. The van der Waals surface area contributed by atoms with Crippen LogP contribution in [0.4, 0.5) is 0 Å². The minimum absolute atomic E-state index is 0.0217. The molecule has 2 heterocycles. The number of nitrogens with zero attached hydrogens (tertiary/aromatic N) is 3. The highest BCUT2D eigenvalue weighted by Gasteiger charge is 2.36. The smallest absolute Gasteiger partial charge is 0.267 e. The van der Waals surface area contributed by atoms with Crippen molar-refractivity contribution in [3.05, 3.63) is 45.4 Å². The lowest BCUT2D eigenvalue weighted by Gasteiger charge is -2.38. The molecule has 24 heavy (non-hydrogen) atoms. The number of aromatic nitrogens is 2. The minimum atomic E-state index is -0.903. The molecule has 7 heteroatoms. The first-order valence-corrected chi connectivity index (χ1v) is 9.27. The van der Waals surface area contributed by atoms with Gasteiger partial charge in [-0.3, -0.25) is 4.79 Å². The van der Waals surface area contributed by atoms with Crippen LogP contribution in [0.15, 0.2) is 24.3 Å². The van der Waals surface area contributed by atoms with E-state index in [4.69, 9.17) is 11.6 Å². The van der Waals surface area contributed by atoms with Crippen LogP contribution in [0.2, 0.25) is 5.02 Å². The number of carbonyl (C=O) groups is 1. The van der Waals surface area contributed by atoms with Crippen LogP contribution in [0.25, 0.3) is 0 Å². The first-order valence-electron chi connectivity index (χ1n) is 8.12. The van der Waals surface area contributed by atoms with Crippen LogP contribution in [0, 0.1) is 0 Å². The summed E-state index contributed by atoms with van der Waals surface area (Å²) in [5, 5.41) is 15.6. The van der Waals surface area contributed by atoms with Gasteiger partial charge in [0.1, 0.15) is 4.88 Å². The number of rotatable bonds is 4. The summed E-state index contributed by atoms with van der Waals surface area (Å²) >= 11 is 7.07. The van der Waals surface area contributed by atoms with Crippen LogP contribution in [0.1, 0.15) is 47.1 Å². The Labute approximate surface area is 150 Å². The molecule has 1 amide bonds. The normalized spacial score (nSPS) is 17.0. The largest absolute Gasteiger partial charge is 0.385 e. The van der Waals surface area contributed by atoms with E-state index in [9.17, 15) is 9.90 Å². The molecule has 0 aliphatic carbocycles. The first-order chi connectivity index (χ1) is 11.5. The van der Waals surface area contributed by atoms with Crippen molar-refractivity contribution < 1.29 is 9.90 Å². The molecule has 0 unspecified atom stereocenters. The maximum Gasteiger partial charge on any atom is 0.267 e. The Kier molecular flexibility index (Phi) is 5.18. The van der Waals surface area contributed by atoms with Gasteiger partial charge in [0, 0.05) is 18.1 Å². The third-order valence-electron chi connectivity index (χ3n) is 4.50. The number of halogens is 1. The number of aliphatic hydroxyl groups is 1. The molecule has 5 nitrogen and oxygen atoms in total. The summed E-state index contributed by atoms with van der Waals surface area (Å²) in [5.74, 6) is -0.0217. The second-order valence-corrected chi connectivity index (χ2v) is 7.32. The summed E-state index contributed by atoms with van der Waals surface area (Å²) in [7, 11) is 0. The van der Waals surface area contributed by atoms with Gasteiger partial charge in [-0.2, -0.15) is 0 Å². The van der Waals surface area contributed by atoms with E-state index < -0.39 is 5.60 Å². The predicted molar refractivity (Wildman–Crippen MR) is 94.4 cm³/mol. The van der Waals surface area contributed by atoms with Gasteiger partial charge in [-0.15, -0.1) is 5.10 Å². The Morgan fingerprint density at radius 1 is 1.33 bits per heavy atom. The van der Waals surface area contributed by atoms with Gasteiger partial charge in [0.05, 0.1) is 11.3 Å². The molecule has 1 aromatic heterocycles. The van der Waals surface area contributed by atoms with E-state index in [1.54, 1.807) is 17.0 Å². The summed E-state index contributed by atoms with van der Waals surface area (Å²) in [5.41, 5.74) is 0.732. The molecule has 128 valence electrons. The molecule has 1 saturated heterocycles. The third-order valence-corrected chi connectivity index (χ3v) is 5.50. The van der Waals surface area contributed by atoms with E-state index in [2.05, 4.69) is 16.5 Å². The Bertz CT molecular complexity index is 709. The second-order valence-electron chi connectivity index (χ2n) is 6.13. The molecule has 1 aliphatic rings. The van der Waals surface area contributed by atoms with Crippen molar-refractivity contribution in [1.82, 2.24) is 14.5 Å². The molecule has 0 atom stereocenters. The lowest BCUT2D eigenvalue weighted by Crippen LogP contribution is -2.45. The predicted octanol–water partition coefficient (Wildman–Crippen LogP) is 3.27. The summed E-state index contributed by atoms with van der Waals surface area (Å²) in [4.78, 5) is 15.1. The van der Waals surface area contributed by atoms with Gasteiger partial charge in [-0.25, -0.2) is 0 Å². The Hall–Kier alpha value is -1.50. The fraction of sp³-hybridized carbons (Fsp3) is 0.471. The minimum Gasteiger partial charge on any atom is -0.385 e. The quantitative estimate of drug-likeness (QED) is 0.903. The maximum atomic E-state index is 12.7. The van der Waals surface area contributed by atoms with Crippen molar-refractivity contribution in [3.8, 4) is 0 Å². The number of hydrogen-bond donors (Lipinski definition) is 1. The van der Waals surface area contributed by atoms with Gasteiger partial charge in [-0.05, 0) is 48.5 Å². The van der Waals surface area contributed by atoms with Crippen LogP contribution >= 0.6 is 23.1 Å². The zero-order valence-electron chi connectivity index (χ0n) is 13.5. The van der Waals surface area contributed by atoms with Gasteiger partial charge >= 0.3 is 0 Å². The lowest BCUT2D eigenvalue weighted by atomic mass is 9.84. The first kappa shape index (κ1) is 17.3. The molecule has 1 fully saturated rings. The van der Waals surface area contributed by atoms with Gasteiger partial charge in [-0.1, -0.05) is 41.6 Å². The van der Waals surface area contributed by atoms with E-state index in [0.29, 0.717) is 35.8 Å². The number of benzene rings is 1. The number of aryl methyl sites for hydroxylation is 1. The molecule has 0 bridgehead atoms. The monoisotopic (exact) mass is 365 g/mol. The van der Waals surface area contributed by atoms with Crippen molar-refractivity contribution in [1.29, 1.82) is 0 Å². The Morgan fingerprint density at radius 2 is 2.00 bits per heavy atom. The molecule has 2 aromatic rings. The molecule has 0 radical (unpaired) electrons. The molecule has 1 aromatic carbocycles. The van der Waals surface area contributed by atoms with Crippen molar-refractivity contribution >= 4 is 29.0 Å². The van der Waals surface area contributed by atoms with E-state index in [0.717, 1.165) is 35.6 Å². The zero-order chi connectivity index (χ0) is 17.2. The Morgan fingerprint density at radius 3 is 2.62 bits per heavy atom. The van der Waals surface area contributed by atoms with Crippen molar-refractivity contribution in [2.24, 2.45) is 0 Å². The number of hydrogen-bond acceptors (Lipinski definition) is 5. The zero-order valence-corrected chi connectivity index (χ0v) is 15.1. The fourth-order valence-electron chi connectivity index (χ4n) is 3.04. The fourth-order valence-corrected chi connectivity index (χ4v) is 3.85. The van der Waals surface area contributed by atoms with Crippen molar-refractivity contribution in [2.75, 3.05) is 13.1 Å². The van der Waals surface area contributed by atoms with Gasteiger partial charge in [0.2, 0.25) is 0 Å². The third kappa shape index (κ3) is 3.45. The number of piperidine rings is 1. The average Bonchev–Trinajstić information content (AvgIpc) is 3.04. The molecular weight excluding hydrogens is 346 g/mol. The number of carbonyl (C=O) groups excluding carboxylic acids is 1. The molecule has 3 rings (SSSR count). The lowest BCUT2D eigenvalue weighted by molar-refractivity contribution is -0.0210.